The van der Waals surface area contributed by atoms with Gasteiger partial charge in [-0.25, -0.2) is 0 Å². The first-order valence-electron chi connectivity index (χ1n) is 4.41. The third-order valence-electron chi connectivity index (χ3n) is 1.92. The number of aldehydes is 1. The molecule has 0 aromatic carbocycles. The first-order valence-corrected chi connectivity index (χ1v) is 4.41. The summed E-state index contributed by atoms with van der Waals surface area (Å²) in [4.78, 5) is 10.1. The van der Waals surface area contributed by atoms with Gasteiger partial charge in [-0.15, -0.1) is 6.58 Å². The van der Waals surface area contributed by atoms with Gasteiger partial charge in [0.15, 0.2) is 0 Å². The van der Waals surface area contributed by atoms with Gasteiger partial charge < -0.3 is 4.79 Å². The molecule has 0 aliphatic heterocycles. The van der Waals surface area contributed by atoms with Gasteiger partial charge in [0, 0.05) is 6.42 Å². The highest BCUT2D eigenvalue weighted by Gasteiger charge is 2.01. The molecule has 0 aromatic heterocycles. The highest BCUT2D eigenvalue weighted by molar-refractivity contribution is 5.49. The Balaban J connectivity index is 3.40. The molecule has 0 amide bonds. The van der Waals surface area contributed by atoms with Crippen LogP contribution in [0.1, 0.15) is 39.0 Å². The summed E-state index contributed by atoms with van der Waals surface area (Å²) in [5.74, 6) is 0.556. The van der Waals surface area contributed by atoms with Crippen LogP contribution in [0.4, 0.5) is 0 Å². The summed E-state index contributed by atoms with van der Waals surface area (Å²) in [5.41, 5.74) is 0. The predicted molar refractivity (Wildman–Crippen MR) is 48.5 cm³/mol. The zero-order valence-corrected chi connectivity index (χ0v) is 7.38. The maximum absolute atomic E-state index is 10.1. The molecule has 0 rings (SSSR count). The zero-order valence-electron chi connectivity index (χ0n) is 7.38. The van der Waals surface area contributed by atoms with Gasteiger partial charge in [-0.05, 0) is 18.8 Å². The van der Waals surface area contributed by atoms with Gasteiger partial charge in [0.1, 0.15) is 6.29 Å². The van der Waals surface area contributed by atoms with Crippen molar-refractivity contribution >= 4 is 6.29 Å². The smallest absolute Gasteiger partial charge is 0.120 e. The summed E-state index contributed by atoms with van der Waals surface area (Å²) in [6, 6.07) is 0. The second-order valence-corrected chi connectivity index (χ2v) is 2.88. The second-order valence-electron chi connectivity index (χ2n) is 2.88. The molecule has 0 aliphatic carbocycles. The molecule has 0 radical (unpaired) electrons. The van der Waals surface area contributed by atoms with Crippen LogP contribution in [0.15, 0.2) is 12.7 Å². The molecular formula is C10H18O. The van der Waals surface area contributed by atoms with Gasteiger partial charge in [0.25, 0.3) is 0 Å². The number of unbranched alkanes of at least 4 members (excludes halogenated alkanes) is 1. The molecule has 1 atom stereocenters. The zero-order chi connectivity index (χ0) is 8.53. The van der Waals surface area contributed by atoms with Crippen LogP contribution in [0.5, 0.6) is 0 Å². The molecule has 0 spiro atoms. The molecule has 0 heterocycles. The van der Waals surface area contributed by atoms with Crippen LogP contribution in [-0.4, -0.2) is 6.29 Å². The van der Waals surface area contributed by atoms with Crippen molar-refractivity contribution in [2.45, 2.75) is 39.0 Å². The van der Waals surface area contributed by atoms with Gasteiger partial charge in [-0.1, -0.05) is 25.8 Å². The number of hydrogen-bond donors (Lipinski definition) is 0. The first kappa shape index (κ1) is 10.4. The highest BCUT2D eigenvalue weighted by atomic mass is 16.1. The quantitative estimate of drug-likeness (QED) is 0.407. The topological polar surface area (TPSA) is 17.1 Å². The standard InChI is InChI=1S/C10H18O/c1-3-5-7-10(4-2)8-6-9-11/h4,9-10H,2-3,5-8H2,1H3/t10-/m1/s1. The Bertz CT molecular complexity index is 107. The van der Waals surface area contributed by atoms with Crippen molar-refractivity contribution in [2.75, 3.05) is 0 Å². The van der Waals surface area contributed by atoms with Crippen LogP contribution in [0, 0.1) is 5.92 Å². The van der Waals surface area contributed by atoms with E-state index in [-0.39, 0.29) is 0 Å². The molecule has 64 valence electrons. The summed E-state index contributed by atoms with van der Waals surface area (Å²) in [7, 11) is 0. The lowest BCUT2D eigenvalue weighted by atomic mass is 9.97. The lowest BCUT2D eigenvalue weighted by molar-refractivity contribution is -0.108. The number of carbonyl (C=O) groups is 1. The SMILES string of the molecule is C=C[C@@H](CCC=O)CCCC. The predicted octanol–water partition coefficient (Wildman–Crippen LogP) is 2.96. The van der Waals surface area contributed by atoms with E-state index in [2.05, 4.69) is 13.5 Å². The maximum atomic E-state index is 10.1. The Labute approximate surface area is 69.5 Å². The number of hydrogen-bond acceptors (Lipinski definition) is 1. The van der Waals surface area contributed by atoms with E-state index in [0.29, 0.717) is 12.3 Å². The minimum absolute atomic E-state index is 0.556. The fourth-order valence-corrected chi connectivity index (χ4v) is 1.13. The van der Waals surface area contributed by atoms with Crippen molar-refractivity contribution in [3.8, 4) is 0 Å². The number of rotatable bonds is 7. The molecule has 1 heteroatoms. The van der Waals surface area contributed by atoms with E-state index in [0.717, 1.165) is 12.7 Å². The van der Waals surface area contributed by atoms with Crippen LogP contribution in [-0.2, 0) is 4.79 Å². The van der Waals surface area contributed by atoms with Gasteiger partial charge in [-0.3, -0.25) is 0 Å². The highest BCUT2D eigenvalue weighted by Crippen LogP contribution is 2.14. The Morgan fingerprint density at radius 1 is 1.45 bits per heavy atom. The van der Waals surface area contributed by atoms with E-state index in [1.807, 2.05) is 6.08 Å². The Morgan fingerprint density at radius 3 is 2.64 bits per heavy atom. The maximum Gasteiger partial charge on any atom is 0.120 e. The lowest BCUT2D eigenvalue weighted by Crippen LogP contribution is -1.96. The lowest BCUT2D eigenvalue weighted by Gasteiger charge is -2.08. The Morgan fingerprint density at radius 2 is 2.18 bits per heavy atom. The van der Waals surface area contributed by atoms with Gasteiger partial charge in [0.05, 0.1) is 0 Å². The van der Waals surface area contributed by atoms with Crippen LogP contribution in [0.2, 0.25) is 0 Å². The van der Waals surface area contributed by atoms with E-state index in [9.17, 15) is 4.79 Å². The van der Waals surface area contributed by atoms with E-state index in [4.69, 9.17) is 0 Å². The average molecular weight is 154 g/mol. The van der Waals surface area contributed by atoms with E-state index < -0.39 is 0 Å². The molecule has 1 nitrogen and oxygen atoms in total. The van der Waals surface area contributed by atoms with E-state index in [1.165, 1.54) is 19.3 Å². The minimum atomic E-state index is 0.556. The Hall–Kier alpha value is -0.590. The van der Waals surface area contributed by atoms with Crippen LogP contribution >= 0.6 is 0 Å². The summed E-state index contributed by atoms with van der Waals surface area (Å²) >= 11 is 0. The summed E-state index contributed by atoms with van der Waals surface area (Å²) in [6.45, 7) is 5.93. The molecule has 0 unspecified atom stereocenters. The molecular weight excluding hydrogens is 136 g/mol. The van der Waals surface area contributed by atoms with Crippen molar-refractivity contribution < 1.29 is 4.79 Å². The monoisotopic (exact) mass is 154 g/mol. The Kier molecular flexibility index (Phi) is 7.11. The average Bonchev–Trinajstić information content (AvgIpc) is 2.05. The van der Waals surface area contributed by atoms with Crippen LogP contribution < -0.4 is 0 Å². The van der Waals surface area contributed by atoms with Crippen LogP contribution in [0.25, 0.3) is 0 Å². The van der Waals surface area contributed by atoms with Gasteiger partial charge in [-0.2, -0.15) is 0 Å². The van der Waals surface area contributed by atoms with Gasteiger partial charge in [0.2, 0.25) is 0 Å². The third kappa shape index (κ3) is 5.84. The number of carbonyl (C=O) groups excluding carboxylic acids is 1. The first-order chi connectivity index (χ1) is 5.35. The van der Waals surface area contributed by atoms with Gasteiger partial charge >= 0.3 is 0 Å². The van der Waals surface area contributed by atoms with Crippen LogP contribution in [0.3, 0.4) is 0 Å². The van der Waals surface area contributed by atoms with E-state index >= 15 is 0 Å². The summed E-state index contributed by atoms with van der Waals surface area (Å²) < 4.78 is 0. The summed E-state index contributed by atoms with van der Waals surface area (Å²) in [6.07, 6.45) is 8.28. The molecule has 0 saturated heterocycles. The molecule has 0 aromatic rings. The largest absolute Gasteiger partial charge is 0.303 e. The fourth-order valence-electron chi connectivity index (χ4n) is 1.13. The fraction of sp³-hybridized carbons (Fsp3) is 0.700. The molecule has 11 heavy (non-hydrogen) atoms. The molecule has 0 aliphatic rings. The van der Waals surface area contributed by atoms with Crippen molar-refractivity contribution in [2.24, 2.45) is 5.92 Å². The molecule has 0 fully saturated rings. The van der Waals surface area contributed by atoms with E-state index in [1.54, 1.807) is 0 Å². The van der Waals surface area contributed by atoms with Crippen molar-refractivity contribution in [3.05, 3.63) is 12.7 Å². The normalized spacial score (nSPS) is 12.5. The molecule has 0 saturated carbocycles. The van der Waals surface area contributed by atoms with Crippen molar-refractivity contribution in [3.63, 3.8) is 0 Å². The third-order valence-corrected chi connectivity index (χ3v) is 1.92. The van der Waals surface area contributed by atoms with Crippen molar-refractivity contribution in [1.82, 2.24) is 0 Å². The minimum Gasteiger partial charge on any atom is -0.303 e. The molecule has 0 N–H and O–H groups in total. The number of allylic oxidation sites excluding steroid dienone is 1. The molecule has 0 bridgehead atoms. The second kappa shape index (κ2) is 7.52. The summed E-state index contributed by atoms with van der Waals surface area (Å²) in [5, 5.41) is 0. The van der Waals surface area contributed by atoms with Crippen molar-refractivity contribution in [1.29, 1.82) is 0 Å².